The number of aldehydes is 1. The predicted octanol–water partition coefficient (Wildman–Crippen LogP) is 1.78. The molecule has 0 saturated carbocycles. The zero-order valence-electron chi connectivity index (χ0n) is 8.19. The Kier molecular flexibility index (Phi) is 2.63. The number of carbonyl (C=O) groups is 2. The second-order valence-corrected chi connectivity index (χ2v) is 3.46. The van der Waals surface area contributed by atoms with E-state index in [1.807, 2.05) is 18.2 Å². The zero-order chi connectivity index (χ0) is 10.7. The van der Waals surface area contributed by atoms with Gasteiger partial charge in [-0.05, 0) is 35.8 Å². The van der Waals surface area contributed by atoms with Crippen LogP contribution in [-0.4, -0.2) is 12.2 Å². The minimum atomic E-state index is 0.0682. The minimum absolute atomic E-state index is 0.0682. The number of carbonyl (C=O) groups excluding carboxylic acids is 2. The van der Waals surface area contributed by atoms with Crippen molar-refractivity contribution in [3.05, 3.63) is 35.4 Å². The smallest absolute Gasteiger partial charge is 0.224 e. The molecular formula is C12H11NO2. The first-order valence-electron chi connectivity index (χ1n) is 4.84. The molecule has 0 fully saturated rings. The molecule has 76 valence electrons. The summed E-state index contributed by atoms with van der Waals surface area (Å²) in [4.78, 5) is 21.3. The lowest BCUT2D eigenvalue weighted by molar-refractivity contribution is -0.116. The van der Waals surface area contributed by atoms with Gasteiger partial charge in [0.2, 0.25) is 5.91 Å². The second-order valence-electron chi connectivity index (χ2n) is 3.46. The van der Waals surface area contributed by atoms with Gasteiger partial charge in [0.1, 0.15) is 6.29 Å². The van der Waals surface area contributed by atoms with Crippen LogP contribution in [0.15, 0.2) is 24.3 Å². The summed E-state index contributed by atoms with van der Waals surface area (Å²) in [6.45, 7) is 0. The third-order valence-electron chi connectivity index (χ3n) is 2.39. The number of hydrogen-bond donors (Lipinski definition) is 1. The van der Waals surface area contributed by atoms with Gasteiger partial charge in [-0.2, -0.15) is 0 Å². The quantitative estimate of drug-likeness (QED) is 0.585. The molecule has 0 aromatic heterocycles. The molecule has 0 unspecified atom stereocenters. The van der Waals surface area contributed by atoms with Gasteiger partial charge in [0.25, 0.3) is 0 Å². The van der Waals surface area contributed by atoms with Gasteiger partial charge in [0.15, 0.2) is 0 Å². The molecule has 0 aliphatic carbocycles. The van der Waals surface area contributed by atoms with E-state index in [4.69, 9.17) is 0 Å². The summed E-state index contributed by atoms with van der Waals surface area (Å²) in [6.07, 6.45) is 5.27. The average molecular weight is 201 g/mol. The number of fused-ring (bicyclic) bond motifs is 1. The molecule has 1 aliphatic rings. The van der Waals surface area contributed by atoms with E-state index in [0.29, 0.717) is 6.42 Å². The Morgan fingerprint density at radius 2 is 2.13 bits per heavy atom. The molecule has 3 nitrogen and oxygen atoms in total. The van der Waals surface area contributed by atoms with Crippen molar-refractivity contribution in [3.8, 4) is 0 Å². The van der Waals surface area contributed by atoms with Crippen molar-refractivity contribution in [2.75, 3.05) is 5.32 Å². The lowest BCUT2D eigenvalue weighted by Crippen LogP contribution is -2.18. The Morgan fingerprint density at radius 1 is 1.27 bits per heavy atom. The summed E-state index contributed by atoms with van der Waals surface area (Å²) >= 11 is 0. The Morgan fingerprint density at radius 3 is 2.93 bits per heavy atom. The van der Waals surface area contributed by atoms with Crippen LogP contribution in [0.1, 0.15) is 17.5 Å². The highest BCUT2D eigenvalue weighted by Crippen LogP contribution is 2.23. The first kappa shape index (κ1) is 9.65. The summed E-state index contributed by atoms with van der Waals surface area (Å²) in [6, 6.07) is 5.75. The third-order valence-corrected chi connectivity index (χ3v) is 2.39. The van der Waals surface area contributed by atoms with E-state index in [1.165, 1.54) is 6.08 Å². The Labute approximate surface area is 87.8 Å². The summed E-state index contributed by atoms with van der Waals surface area (Å²) in [5.74, 6) is 0.0682. The molecular weight excluding hydrogens is 190 g/mol. The van der Waals surface area contributed by atoms with Gasteiger partial charge >= 0.3 is 0 Å². The Hall–Kier alpha value is -1.90. The molecule has 1 amide bonds. The molecule has 1 N–H and O–H groups in total. The lowest BCUT2D eigenvalue weighted by Gasteiger charge is -2.16. The molecule has 1 aromatic rings. The molecule has 0 atom stereocenters. The van der Waals surface area contributed by atoms with E-state index in [2.05, 4.69) is 5.32 Å². The molecule has 0 saturated heterocycles. The maximum Gasteiger partial charge on any atom is 0.224 e. The highest BCUT2D eigenvalue weighted by Gasteiger charge is 2.13. The number of anilines is 1. The van der Waals surface area contributed by atoms with Crippen molar-refractivity contribution in [2.45, 2.75) is 12.8 Å². The zero-order valence-corrected chi connectivity index (χ0v) is 8.19. The maximum atomic E-state index is 11.1. The average Bonchev–Trinajstić information content (AvgIpc) is 2.26. The fourth-order valence-electron chi connectivity index (χ4n) is 1.66. The monoisotopic (exact) mass is 201 g/mol. The van der Waals surface area contributed by atoms with Crippen LogP contribution in [0, 0.1) is 0 Å². The second kappa shape index (κ2) is 4.09. The SMILES string of the molecule is O=CC=Cc1ccc2c(c1)CCC(=O)N2. The van der Waals surface area contributed by atoms with Crippen LogP contribution >= 0.6 is 0 Å². The molecule has 1 heterocycles. The first-order chi connectivity index (χ1) is 7.29. The van der Waals surface area contributed by atoms with E-state index in [1.54, 1.807) is 6.08 Å². The van der Waals surface area contributed by atoms with Crippen molar-refractivity contribution in [1.82, 2.24) is 0 Å². The van der Waals surface area contributed by atoms with E-state index < -0.39 is 0 Å². The number of allylic oxidation sites excluding steroid dienone is 1. The molecule has 3 heteroatoms. The third kappa shape index (κ3) is 2.13. The van der Waals surface area contributed by atoms with Crippen LogP contribution < -0.4 is 5.32 Å². The molecule has 0 bridgehead atoms. The molecule has 0 radical (unpaired) electrons. The topological polar surface area (TPSA) is 46.2 Å². The Bertz CT molecular complexity index is 435. The van der Waals surface area contributed by atoms with Crippen LogP contribution in [0.3, 0.4) is 0 Å². The predicted molar refractivity (Wildman–Crippen MR) is 58.5 cm³/mol. The summed E-state index contributed by atoms with van der Waals surface area (Å²) in [5, 5.41) is 2.81. The van der Waals surface area contributed by atoms with E-state index in [-0.39, 0.29) is 5.91 Å². The van der Waals surface area contributed by atoms with Crippen LogP contribution in [0.4, 0.5) is 5.69 Å². The fraction of sp³-hybridized carbons (Fsp3) is 0.167. The van der Waals surface area contributed by atoms with Crippen LogP contribution in [0.2, 0.25) is 0 Å². The number of benzene rings is 1. The van der Waals surface area contributed by atoms with Gasteiger partial charge in [0, 0.05) is 12.1 Å². The van der Waals surface area contributed by atoms with Crippen LogP contribution in [-0.2, 0) is 16.0 Å². The number of hydrogen-bond acceptors (Lipinski definition) is 2. The standard InChI is InChI=1S/C12H11NO2/c14-7-1-2-9-3-5-11-10(8-9)4-6-12(15)13-11/h1-3,5,7-8H,4,6H2,(H,13,15). The number of nitrogens with one attached hydrogen (secondary N) is 1. The van der Waals surface area contributed by atoms with Crippen molar-refractivity contribution in [1.29, 1.82) is 0 Å². The van der Waals surface area contributed by atoms with Crippen molar-refractivity contribution in [2.24, 2.45) is 0 Å². The van der Waals surface area contributed by atoms with Gasteiger partial charge in [-0.3, -0.25) is 9.59 Å². The fourth-order valence-corrected chi connectivity index (χ4v) is 1.66. The van der Waals surface area contributed by atoms with Crippen LogP contribution in [0.25, 0.3) is 6.08 Å². The lowest BCUT2D eigenvalue weighted by atomic mass is 10.0. The van der Waals surface area contributed by atoms with Crippen molar-refractivity contribution < 1.29 is 9.59 Å². The summed E-state index contributed by atoms with van der Waals surface area (Å²) in [5.41, 5.74) is 2.99. The van der Waals surface area contributed by atoms with E-state index in [0.717, 1.165) is 29.5 Å². The first-order valence-corrected chi connectivity index (χ1v) is 4.84. The van der Waals surface area contributed by atoms with Crippen molar-refractivity contribution in [3.63, 3.8) is 0 Å². The molecule has 2 rings (SSSR count). The molecule has 1 aromatic carbocycles. The number of aryl methyl sites for hydroxylation is 1. The largest absolute Gasteiger partial charge is 0.326 e. The van der Waals surface area contributed by atoms with E-state index >= 15 is 0 Å². The summed E-state index contributed by atoms with van der Waals surface area (Å²) < 4.78 is 0. The molecule has 15 heavy (non-hydrogen) atoms. The summed E-state index contributed by atoms with van der Waals surface area (Å²) in [7, 11) is 0. The van der Waals surface area contributed by atoms with Gasteiger partial charge in [0.05, 0.1) is 0 Å². The Balaban J connectivity index is 2.30. The van der Waals surface area contributed by atoms with Gasteiger partial charge < -0.3 is 5.32 Å². The number of amides is 1. The van der Waals surface area contributed by atoms with Gasteiger partial charge in [-0.15, -0.1) is 0 Å². The molecule has 0 spiro atoms. The molecule has 1 aliphatic heterocycles. The van der Waals surface area contributed by atoms with Crippen LogP contribution in [0.5, 0.6) is 0 Å². The van der Waals surface area contributed by atoms with Gasteiger partial charge in [-0.25, -0.2) is 0 Å². The van der Waals surface area contributed by atoms with E-state index in [9.17, 15) is 9.59 Å². The van der Waals surface area contributed by atoms with Crippen molar-refractivity contribution >= 4 is 24.0 Å². The highest BCUT2D eigenvalue weighted by molar-refractivity contribution is 5.94. The maximum absolute atomic E-state index is 11.1. The normalized spacial score (nSPS) is 14.8. The number of rotatable bonds is 2. The van der Waals surface area contributed by atoms with Gasteiger partial charge in [-0.1, -0.05) is 12.1 Å². The highest BCUT2D eigenvalue weighted by atomic mass is 16.1. The minimum Gasteiger partial charge on any atom is -0.326 e.